The molecule has 2 aliphatic rings. The lowest BCUT2D eigenvalue weighted by atomic mass is 10.1. The van der Waals surface area contributed by atoms with E-state index in [-0.39, 0.29) is 0 Å². The van der Waals surface area contributed by atoms with Gasteiger partial charge in [-0.15, -0.1) is 0 Å². The Morgan fingerprint density at radius 2 is 1.83 bits per heavy atom. The SMILES string of the molecule is CC.CC(C)(O)COC1CC2CC2C1.Cc1ccn(C(C)C)n1. The van der Waals surface area contributed by atoms with Gasteiger partial charge in [-0.1, -0.05) is 13.8 Å². The van der Waals surface area contributed by atoms with E-state index in [1.54, 1.807) is 13.8 Å². The lowest BCUT2D eigenvalue weighted by molar-refractivity contribution is -0.0538. The van der Waals surface area contributed by atoms with Gasteiger partial charge in [0.25, 0.3) is 0 Å². The van der Waals surface area contributed by atoms with Crippen LogP contribution < -0.4 is 0 Å². The lowest BCUT2D eigenvalue weighted by Gasteiger charge is -2.21. The summed E-state index contributed by atoms with van der Waals surface area (Å²) in [4.78, 5) is 0. The van der Waals surface area contributed by atoms with Crippen LogP contribution in [0.5, 0.6) is 0 Å². The Kier molecular flexibility index (Phi) is 7.75. The summed E-state index contributed by atoms with van der Waals surface area (Å²) >= 11 is 0. The minimum absolute atomic E-state index is 0.445. The van der Waals surface area contributed by atoms with Crippen molar-refractivity contribution in [3.63, 3.8) is 0 Å². The summed E-state index contributed by atoms with van der Waals surface area (Å²) in [7, 11) is 0. The number of nitrogens with zero attached hydrogens (tertiary/aromatic N) is 2. The van der Waals surface area contributed by atoms with Crippen LogP contribution >= 0.6 is 0 Å². The van der Waals surface area contributed by atoms with Gasteiger partial charge in [0.1, 0.15) is 0 Å². The van der Waals surface area contributed by atoms with Crippen LogP contribution in [0.25, 0.3) is 0 Å². The number of aliphatic hydroxyl groups is 1. The molecule has 134 valence electrons. The second-order valence-corrected chi connectivity index (χ2v) is 7.50. The fourth-order valence-corrected chi connectivity index (χ4v) is 2.84. The molecule has 0 aromatic carbocycles. The van der Waals surface area contributed by atoms with Crippen molar-refractivity contribution in [2.45, 2.75) is 85.5 Å². The number of hydrogen-bond acceptors (Lipinski definition) is 3. The van der Waals surface area contributed by atoms with Crippen molar-refractivity contribution in [2.24, 2.45) is 11.8 Å². The van der Waals surface area contributed by atoms with Crippen LogP contribution in [0.4, 0.5) is 0 Å². The highest BCUT2D eigenvalue weighted by molar-refractivity contribution is 4.97. The number of hydrogen-bond donors (Lipinski definition) is 1. The third kappa shape index (κ3) is 7.49. The topological polar surface area (TPSA) is 47.3 Å². The fourth-order valence-electron chi connectivity index (χ4n) is 2.84. The number of ether oxygens (including phenoxy) is 1. The third-order valence-electron chi connectivity index (χ3n) is 4.14. The average Bonchev–Trinajstić information content (AvgIpc) is 2.88. The van der Waals surface area contributed by atoms with Crippen molar-refractivity contribution in [1.29, 1.82) is 0 Å². The molecular formula is C19H36N2O2. The van der Waals surface area contributed by atoms with Gasteiger partial charge in [-0.25, -0.2) is 0 Å². The van der Waals surface area contributed by atoms with Crippen LogP contribution in [0.15, 0.2) is 12.3 Å². The van der Waals surface area contributed by atoms with E-state index >= 15 is 0 Å². The summed E-state index contributed by atoms with van der Waals surface area (Å²) in [5.74, 6) is 1.94. The predicted molar refractivity (Wildman–Crippen MR) is 95.6 cm³/mol. The minimum Gasteiger partial charge on any atom is -0.388 e. The van der Waals surface area contributed by atoms with E-state index < -0.39 is 5.60 Å². The van der Waals surface area contributed by atoms with Gasteiger partial charge in [0.15, 0.2) is 0 Å². The van der Waals surface area contributed by atoms with Gasteiger partial charge >= 0.3 is 0 Å². The number of rotatable bonds is 4. The summed E-state index contributed by atoms with van der Waals surface area (Å²) in [6, 6.07) is 2.50. The van der Waals surface area contributed by atoms with E-state index in [0.717, 1.165) is 17.5 Å². The van der Waals surface area contributed by atoms with Crippen LogP contribution in [0, 0.1) is 18.8 Å². The average molecular weight is 325 g/mol. The van der Waals surface area contributed by atoms with Gasteiger partial charge in [0.05, 0.1) is 24.0 Å². The molecule has 0 saturated heterocycles. The second-order valence-electron chi connectivity index (χ2n) is 7.50. The van der Waals surface area contributed by atoms with Crippen LogP contribution in [-0.2, 0) is 4.74 Å². The van der Waals surface area contributed by atoms with Crippen molar-refractivity contribution in [2.75, 3.05) is 6.61 Å². The summed E-state index contributed by atoms with van der Waals surface area (Å²) in [6.45, 7) is 14.3. The van der Waals surface area contributed by atoms with E-state index in [1.165, 1.54) is 19.3 Å². The van der Waals surface area contributed by atoms with Gasteiger partial charge in [0, 0.05) is 12.2 Å². The quantitative estimate of drug-likeness (QED) is 0.894. The van der Waals surface area contributed by atoms with E-state index in [1.807, 2.05) is 37.7 Å². The summed E-state index contributed by atoms with van der Waals surface area (Å²) in [6.07, 6.45) is 6.35. The van der Waals surface area contributed by atoms with E-state index in [0.29, 0.717) is 18.8 Å². The van der Waals surface area contributed by atoms with E-state index in [9.17, 15) is 5.11 Å². The van der Waals surface area contributed by atoms with Crippen molar-refractivity contribution >= 4 is 0 Å². The summed E-state index contributed by atoms with van der Waals surface area (Å²) in [5.41, 5.74) is 0.427. The van der Waals surface area contributed by atoms with Crippen LogP contribution in [0.2, 0.25) is 0 Å². The highest BCUT2D eigenvalue weighted by Gasteiger charge is 2.46. The van der Waals surface area contributed by atoms with Crippen LogP contribution in [-0.4, -0.2) is 33.2 Å². The first-order valence-electron chi connectivity index (χ1n) is 9.10. The molecule has 3 rings (SSSR count). The Morgan fingerprint density at radius 3 is 2.17 bits per heavy atom. The molecule has 23 heavy (non-hydrogen) atoms. The molecule has 1 aromatic heterocycles. The molecule has 0 bridgehead atoms. The Morgan fingerprint density at radius 1 is 1.26 bits per heavy atom. The normalized spacial score (nSPS) is 25.2. The highest BCUT2D eigenvalue weighted by atomic mass is 16.5. The zero-order valence-corrected chi connectivity index (χ0v) is 16.0. The maximum Gasteiger partial charge on any atom is 0.0824 e. The van der Waals surface area contributed by atoms with Crippen molar-refractivity contribution < 1.29 is 9.84 Å². The number of aryl methyl sites for hydroxylation is 1. The first-order valence-corrected chi connectivity index (χ1v) is 9.10. The maximum absolute atomic E-state index is 9.43. The van der Waals surface area contributed by atoms with Gasteiger partial charge in [0.2, 0.25) is 0 Å². The van der Waals surface area contributed by atoms with Gasteiger partial charge in [-0.05, 0) is 71.8 Å². The fraction of sp³-hybridized carbons (Fsp3) is 0.842. The predicted octanol–water partition coefficient (Wildman–Crippen LogP) is 4.37. The zero-order valence-electron chi connectivity index (χ0n) is 16.0. The molecule has 0 spiro atoms. The maximum atomic E-state index is 9.43. The minimum atomic E-state index is -0.660. The Labute approximate surface area is 142 Å². The Bertz CT molecular complexity index is 438. The van der Waals surface area contributed by atoms with Crippen LogP contribution in [0.1, 0.15) is 72.5 Å². The van der Waals surface area contributed by atoms with Gasteiger partial charge in [-0.2, -0.15) is 5.10 Å². The first-order chi connectivity index (χ1) is 10.7. The molecule has 2 aliphatic carbocycles. The van der Waals surface area contributed by atoms with Gasteiger partial charge in [-0.3, -0.25) is 4.68 Å². The third-order valence-corrected chi connectivity index (χ3v) is 4.14. The summed E-state index contributed by atoms with van der Waals surface area (Å²) in [5, 5.41) is 13.7. The molecule has 2 fully saturated rings. The standard InChI is InChI=1S/C10H18O2.C7H12N2.C2H6/c1-10(2,11)6-12-9-4-7-3-8(7)5-9;1-6(2)9-5-4-7(3)8-9;1-2/h7-9,11H,3-6H2,1-2H3;4-6H,1-3H3;1-2H3. The smallest absolute Gasteiger partial charge is 0.0824 e. The van der Waals surface area contributed by atoms with Gasteiger partial charge < -0.3 is 9.84 Å². The van der Waals surface area contributed by atoms with Crippen molar-refractivity contribution in [3.05, 3.63) is 18.0 Å². The highest BCUT2D eigenvalue weighted by Crippen LogP contribution is 2.52. The monoisotopic (exact) mass is 324 g/mol. The lowest BCUT2D eigenvalue weighted by Crippen LogP contribution is -2.29. The number of fused-ring (bicyclic) bond motifs is 1. The molecule has 2 saturated carbocycles. The molecule has 2 unspecified atom stereocenters. The summed E-state index contributed by atoms with van der Waals surface area (Å²) < 4.78 is 7.57. The Balaban J connectivity index is 0.000000215. The van der Waals surface area contributed by atoms with E-state index in [2.05, 4.69) is 18.9 Å². The van der Waals surface area contributed by atoms with Crippen molar-refractivity contribution in [1.82, 2.24) is 9.78 Å². The first kappa shape index (κ1) is 20.2. The number of aromatic nitrogens is 2. The molecule has 0 aliphatic heterocycles. The molecule has 0 amide bonds. The largest absolute Gasteiger partial charge is 0.388 e. The molecule has 2 atom stereocenters. The van der Waals surface area contributed by atoms with E-state index in [4.69, 9.17) is 4.74 Å². The molecule has 0 radical (unpaired) electrons. The molecular weight excluding hydrogens is 288 g/mol. The molecule has 4 nitrogen and oxygen atoms in total. The molecule has 1 N–H and O–H groups in total. The van der Waals surface area contributed by atoms with Crippen molar-refractivity contribution in [3.8, 4) is 0 Å². The van der Waals surface area contributed by atoms with Crippen LogP contribution in [0.3, 0.4) is 0 Å². The molecule has 1 heterocycles. The Hall–Kier alpha value is -0.870. The zero-order chi connectivity index (χ0) is 17.6. The molecule has 4 heteroatoms. The second kappa shape index (κ2) is 8.84. The molecule has 1 aromatic rings.